The maximum Gasteiger partial charge on any atom is 0.244 e. The lowest BCUT2D eigenvalue weighted by Crippen LogP contribution is -2.21. The highest BCUT2D eigenvalue weighted by Crippen LogP contribution is 2.10. The van der Waals surface area contributed by atoms with E-state index in [0.717, 1.165) is 11.1 Å². The number of rotatable bonds is 7. The van der Waals surface area contributed by atoms with Crippen LogP contribution in [0, 0.1) is 0 Å². The fourth-order valence-corrected chi connectivity index (χ4v) is 2.19. The number of amides is 2. The molecule has 0 unspecified atom stereocenters. The van der Waals surface area contributed by atoms with Crippen molar-refractivity contribution in [2.24, 2.45) is 10.2 Å². The van der Waals surface area contributed by atoms with Gasteiger partial charge >= 0.3 is 0 Å². The first kappa shape index (κ1) is 19.6. The number of hydrogen-bond acceptors (Lipinski definition) is 4. The molecule has 0 aliphatic carbocycles. The lowest BCUT2D eigenvalue weighted by atomic mass is 10.1. The van der Waals surface area contributed by atoms with Gasteiger partial charge in [0, 0.05) is 10.0 Å². The maximum absolute atomic E-state index is 11.7. The minimum atomic E-state index is -0.274. The fourth-order valence-electron chi connectivity index (χ4n) is 1.94. The Labute approximate surface area is 160 Å². The first-order valence-corrected chi connectivity index (χ1v) is 8.40. The lowest BCUT2D eigenvalue weighted by molar-refractivity contribution is -0.121. The first-order chi connectivity index (χ1) is 12.5. The van der Waals surface area contributed by atoms with Gasteiger partial charge in [-0.25, -0.2) is 10.9 Å². The molecule has 2 aromatic carbocycles. The molecule has 0 spiro atoms. The van der Waals surface area contributed by atoms with E-state index in [1.165, 1.54) is 12.4 Å². The quantitative estimate of drug-likeness (QED) is 0.562. The van der Waals surface area contributed by atoms with E-state index < -0.39 is 0 Å². The molecule has 2 aromatic rings. The average molecular weight is 391 g/mol. The number of benzene rings is 2. The molecule has 0 bridgehead atoms. The van der Waals surface area contributed by atoms with Crippen molar-refractivity contribution in [2.75, 3.05) is 0 Å². The molecule has 0 fully saturated rings. The highest BCUT2D eigenvalue weighted by atomic mass is 35.5. The summed E-state index contributed by atoms with van der Waals surface area (Å²) >= 11 is 11.6. The van der Waals surface area contributed by atoms with Gasteiger partial charge < -0.3 is 0 Å². The Bertz CT molecular complexity index is 733. The summed E-state index contributed by atoms with van der Waals surface area (Å²) in [4.78, 5) is 23.4. The summed E-state index contributed by atoms with van der Waals surface area (Å²) in [6.07, 6.45) is 2.90. The second-order valence-electron chi connectivity index (χ2n) is 5.23. The molecule has 0 aromatic heterocycles. The van der Waals surface area contributed by atoms with Crippen LogP contribution >= 0.6 is 23.2 Å². The SMILES string of the molecule is O=C(Cc1ccc(Cl)cc1)NN=CC=NNC(=O)Cc1ccc(Cl)cc1. The lowest BCUT2D eigenvalue weighted by Gasteiger charge is -2.00. The molecule has 0 atom stereocenters. The largest absolute Gasteiger partial charge is 0.273 e. The van der Waals surface area contributed by atoms with Crippen LogP contribution < -0.4 is 10.9 Å². The predicted molar refractivity (Wildman–Crippen MR) is 104 cm³/mol. The zero-order valence-electron chi connectivity index (χ0n) is 13.7. The Kier molecular flexibility index (Phi) is 7.79. The summed E-state index contributed by atoms with van der Waals surface area (Å²) in [7, 11) is 0. The maximum atomic E-state index is 11.7. The Morgan fingerprint density at radius 1 is 0.731 bits per heavy atom. The van der Waals surface area contributed by atoms with Gasteiger partial charge in [0.1, 0.15) is 0 Å². The van der Waals surface area contributed by atoms with Crippen LogP contribution in [-0.2, 0) is 22.4 Å². The monoisotopic (exact) mass is 390 g/mol. The number of nitrogens with one attached hydrogen (secondary N) is 2. The molecule has 0 aliphatic rings. The molecule has 0 aliphatic heterocycles. The van der Waals surface area contributed by atoms with Crippen molar-refractivity contribution in [1.82, 2.24) is 10.9 Å². The third kappa shape index (κ3) is 7.46. The van der Waals surface area contributed by atoms with Crippen LogP contribution in [-0.4, -0.2) is 24.2 Å². The minimum absolute atomic E-state index is 0.184. The number of halogens is 2. The van der Waals surface area contributed by atoms with Gasteiger partial charge in [-0.2, -0.15) is 10.2 Å². The van der Waals surface area contributed by atoms with E-state index in [1.807, 2.05) is 0 Å². The normalized spacial score (nSPS) is 11.0. The number of carbonyl (C=O) groups excluding carboxylic acids is 2. The van der Waals surface area contributed by atoms with Crippen molar-refractivity contribution >= 4 is 47.4 Å². The van der Waals surface area contributed by atoms with Crippen molar-refractivity contribution in [3.05, 3.63) is 69.7 Å². The summed E-state index contributed by atoms with van der Waals surface area (Å²) in [5, 5.41) is 8.64. The Hall–Kier alpha value is -2.70. The zero-order chi connectivity index (χ0) is 18.8. The number of nitrogens with zero attached hydrogens (tertiary/aromatic N) is 2. The summed E-state index contributed by atoms with van der Waals surface area (Å²) in [6, 6.07) is 13.9. The van der Waals surface area contributed by atoms with Gasteiger partial charge in [0.05, 0.1) is 25.3 Å². The van der Waals surface area contributed by atoms with Gasteiger partial charge in [0.25, 0.3) is 0 Å². The van der Waals surface area contributed by atoms with Crippen molar-refractivity contribution in [2.45, 2.75) is 12.8 Å². The standard InChI is InChI=1S/C18H16Cl2N4O2/c19-15-5-1-13(2-6-15)11-17(25)23-21-9-10-22-24-18(26)12-14-3-7-16(20)8-4-14/h1-10H,11-12H2,(H,23,25)(H,24,26). The van der Waals surface area contributed by atoms with Crippen molar-refractivity contribution in [3.8, 4) is 0 Å². The average Bonchev–Trinajstić information content (AvgIpc) is 2.62. The van der Waals surface area contributed by atoms with Gasteiger partial charge in [-0.05, 0) is 35.4 Å². The predicted octanol–water partition coefficient (Wildman–Crippen LogP) is 2.98. The molecule has 0 heterocycles. The van der Waals surface area contributed by atoms with E-state index in [-0.39, 0.29) is 24.7 Å². The van der Waals surface area contributed by atoms with Crippen LogP contribution in [0.5, 0.6) is 0 Å². The van der Waals surface area contributed by atoms with Gasteiger partial charge in [-0.3, -0.25) is 9.59 Å². The molecule has 2 rings (SSSR count). The molecule has 2 N–H and O–H groups in total. The Morgan fingerprint density at radius 2 is 1.08 bits per heavy atom. The topological polar surface area (TPSA) is 82.9 Å². The number of hydrazone groups is 2. The van der Waals surface area contributed by atoms with Gasteiger partial charge in [0.15, 0.2) is 0 Å². The van der Waals surface area contributed by atoms with Crippen molar-refractivity contribution < 1.29 is 9.59 Å². The summed E-state index contributed by atoms with van der Waals surface area (Å²) < 4.78 is 0. The molecule has 0 saturated carbocycles. The van der Waals surface area contributed by atoms with E-state index in [1.54, 1.807) is 48.5 Å². The van der Waals surface area contributed by atoms with Crippen molar-refractivity contribution in [3.63, 3.8) is 0 Å². The van der Waals surface area contributed by atoms with E-state index >= 15 is 0 Å². The molecule has 26 heavy (non-hydrogen) atoms. The third-order valence-corrected chi connectivity index (χ3v) is 3.65. The molecular formula is C18H16Cl2N4O2. The molecule has 8 heteroatoms. The van der Waals surface area contributed by atoms with Crippen LogP contribution in [0.1, 0.15) is 11.1 Å². The highest BCUT2D eigenvalue weighted by molar-refractivity contribution is 6.30. The second kappa shape index (κ2) is 10.3. The number of hydrogen-bond donors (Lipinski definition) is 2. The highest BCUT2D eigenvalue weighted by Gasteiger charge is 2.02. The van der Waals surface area contributed by atoms with Crippen LogP contribution in [0.15, 0.2) is 58.7 Å². The van der Waals surface area contributed by atoms with E-state index in [9.17, 15) is 9.59 Å². The van der Waals surface area contributed by atoms with Crippen LogP contribution in [0.2, 0.25) is 10.0 Å². The summed E-state index contributed by atoms with van der Waals surface area (Å²) in [6.45, 7) is 0. The first-order valence-electron chi connectivity index (χ1n) is 7.64. The molecular weight excluding hydrogens is 375 g/mol. The Balaban J connectivity index is 1.67. The van der Waals surface area contributed by atoms with Gasteiger partial charge in [-0.15, -0.1) is 0 Å². The molecule has 134 valence electrons. The molecule has 2 amide bonds. The fraction of sp³-hybridized carbons (Fsp3) is 0.111. The summed E-state index contributed by atoms with van der Waals surface area (Å²) in [5.74, 6) is -0.549. The minimum Gasteiger partial charge on any atom is -0.273 e. The van der Waals surface area contributed by atoms with Crippen LogP contribution in [0.25, 0.3) is 0 Å². The van der Waals surface area contributed by atoms with Gasteiger partial charge in [0.2, 0.25) is 11.8 Å². The van der Waals surface area contributed by atoms with E-state index in [4.69, 9.17) is 23.2 Å². The van der Waals surface area contributed by atoms with Crippen molar-refractivity contribution in [1.29, 1.82) is 0 Å². The second-order valence-corrected chi connectivity index (χ2v) is 6.11. The number of carbonyl (C=O) groups is 2. The Morgan fingerprint density at radius 3 is 1.42 bits per heavy atom. The molecule has 0 radical (unpaired) electrons. The van der Waals surface area contributed by atoms with Gasteiger partial charge in [-0.1, -0.05) is 47.5 Å². The van der Waals surface area contributed by atoms with E-state index in [0.29, 0.717) is 10.0 Å². The summed E-state index contributed by atoms with van der Waals surface area (Å²) in [5.41, 5.74) is 6.37. The third-order valence-electron chi connectivity index (χ3n) is 3.15. The molecule has 6 nitrogen and oxygen atoms in total. The van der Waals surface area contributed by atoms with Crippen LogP contribution in [0.3, 0.4) is 0 Å². The van der Waals surface area contributed by atoms with E-state index in [2.05, 4.69) is 21.1 Å². The zero-order valence-corrected chi connectivity index (χ0v) is 15.2. The van der Waals surface area contributed by atoms with Crippen LogP contribution in [0.4, 0.5) is 0 Å². The molecule has 0 saturated heterocycles. The smallest absolute Gasteiger partial charge is 0.244 e.